The van der Waals surface area contributed by atoms with Crippen molar-refractivity contribution in [3.05, 3.63) is 59.2 Å². The second-order valence-electron chi connectivity index (χ2n) is 7.11. The van der Waals surface area contributed by atoms with E-state index in [-0.39, 0.29) is 18.6 Å². The van der Waals surface area contributed by atoms with Crippen LogP contribution in [0.3, 0.4) is 0 Å². The van der Waals surface area contributed by atoms with E-state index in [0.29, 0.717) is 36.6 Å². The van der Waals surface area contributed by atoms with Gasteiger partial charge in [0.1, 0.15) is 0 Å². The summed E-state index contributed by atoms with van der Waals surface area (Å²) in [7, 11) is 1.60. The smallest absolute Gasteiger partial charge is 0.318 e. The molecule has 7 heteroatoms. The molecular weight excluding hydrogens is 378 g/mol. The predicted molar refractivity (Wildman–Crippen MR) is 106 cm³/mol. The quantitative estimate of drug-likeness (QED) is 0.635. The zero-order chi connectivity index (χ0) is 20.8. The van der Waals surface area contributed by atoms with Crippen molar-refractivity contribution in [3.8, 4) is 11.5 Å². The molecule has 1 saturated heterocycles. The second kappa shape index (κ2) is 9.58. The fourth-order valence-electron chi connectivity index (χ4n) is 3.36. The minimum atomic E-state index is -0.914. The lowest BCUT2D eigenvalue weighted by atomic mass is 10.0. The van der Waals surface area contributed by atoms with Gasteiger partial charge in [0, 0.05) is 13.1 Å². The highest BCUT2D eigenvalue weighted by Crippen LogP contribution is 2.29. The van der Waals surface area contributed by atoms with Crippen LogP contribution in [0.5, 0.6) is 11.5 Å². The number of hydrogen-bond donors (Lipinski definition) is 1. The van der Waals surface area contributed by atoms with Gasteiger partial charge in [-0.3, -0.25) is 0 Å². The van der Waals surface area contributed by atoms with Gasteiger partial charge in [-0.15, -0.1) is 0 Å². The van der Waals surface area contributed by atoms with Gasteiger partial charge in [-0.05, 0) is 48.2 Å². The predicted octanol–water partition coefficient (Wildman–Crippen LogP) is 4.29. The zero-order valence-corrected chi connectivity index (χ0v) is 16.7. The van der Waals surface area contributed by atoms with Crippen molar-refractivity contribution in [2.45, 2.75) is 38.8 Å². The van der Waals surface area contributed by atoms with E-state index in [4.69, 9.17) is 9.47 Å². The van der Waals surface area contributed by atoms with Gasteiger partial charge in [-0.2, -0.15) is 0 Å². The highest BCUT2D eigenvalue weighted by atomic mass is 19.2. The summed E-state index contributed by atoms with van der Waals surface area (Å²) < 4.78 is 37.9. The van der Waals surface area contributed by atoms with Crippen molar-refractivity contribution in [1.29, 1.82) is 0 Å². The Hall–Kier alpha value is -2.83. The van der Waals surface area contributed by atoms with Crippen molar-refractivity contribution in [1.82, 2.24) is 10.2 Å². The summed E-state index contributed by atoms with van der Waals surface area (Å²) in [4.78, 5) is 13.9. The number of benzene rings is 2. The van der Waals surface area contributed by atoms with Crippen LogP contribution in [-0.2, 0) is 13.0 Å². The number of methoxy groups -OCH3 is 1. The number of nitrogens with zero attached hydrogens (tertiary/aromatic N) is 1. The molecule has 3 rings (SSSR count). The Balaban J connectivity index is 1.72. The van der Waals surface area contributed by atoms with Crippen LogP contribution in [0.4, 0.5) is 13.6 Å². The van der Waals surface area contributed by atoms with Crippen molar-refractivity contribution in [3.63, 3.8) is 0 Å². The normalized spacial score (nSPS) is 16.1. The zero-order valence-electron chi connectivity index (χ0n) is 16.7. The molecule has 0 aliphatic carbocycles. The molecule has 0 saturated carbocycles. The SMILES string of the molecule is CCCCOc1cc(CC2CNC(=O)N2Cc2ccc(F)c(F)c2)ccc1OC. The van der Waals surface area contributed by atoms with Crippen molar-refractivity contribution in [2.75, 3.05) is 20.3 Å². The van der Waals surface area contributed by atoms with Crippen LogP contribution in [0, 0.1) is 11.6 Å². The van der Waals surface area contributed by atoms with Crippen LogP contribution < -0.4 is 14.8 Å². The van der Waals surface area contributed by atoms with E-state index in [1.54, 1.807) is 12.0 Å². The number of rotatable bonds is 9. The number of unbranched alkanes of at least 4 members (excludes halogenated alkanes) is 1. The molecule has 1 N–H and O–H groups in total. The fourth-order valence-corrected chi connectivity index (χ4v) is 3.36. The first-order valence-electron chi connectivity index (χ1n) is 9.80. The van der Waals surface area contributed by atoms with E-state index in [1.165, 1.54) is 6.07 Å². The largest absolute Gasteiger partial charge is 0.493 e. The van der Waals surface area contributed by atoms with Crippen LogP contribution in [-0.4, -0.2) is 37.2 Å². The molecule has 1 unspecified atom stereocenters. The molecule has 0 spiro atoms. The maximum atomic E-state index is 13.5. The van der Waals surface area contributed by atoms with Crippen molar-refractivity contribution >= 4 is 6.03 Å². The molecule has 156 valence electrons. The van der Waals surface area contributed by atoms with E-state index in [1.807, 2.05) is 18.2 Å². The van der Waals surface area contributed by atoms with Gasteiger partial charge >= 0.3 is 6.03 Å². The minimum absolute atomic E-state index is 0.104. The Bertz CT molecular complexity index is 860. The maximum absolute atomic E-state index is 13.5. The maximum Gasteiger partial charge on any atom is 0.318 e. The molecule has 1 aliphatic heterocycles. The number of urea groups is 1. The van der Waals surface area contributed by atoms with Crippen LogP contribution in [0.2, 0.25) is 0 Å². The lowest BCUT2D eigenvalue weighted by molar-refractivity contribution is 0.200. The van der Waals surface area contributed by atoms with Crippen LogP contribution in [0.25, 0.3) is 0 Å². The Morgan fingerprint density at radius 3 is 2.62 bits per heavy atom. The summed E-state index contributed by atoms with van der Waals surface area (Å²) in [5, 5.41) is 2.83. The number of ether oxygens (including phenoxy) is 2. The third-order valence-corrected chi connectivity index (χ3v) is 4.98. The monoisotopic (exact) mass is 404 g/mol. The molecule has 0 aromatic heterocycles. The Morgan fingerprint density at radius 1 is 1.10 bits per heavy atom. The summed E-state index contributed by atoms with van der Waals surface area (Å²) in [6.07, 6.45) is 2.60. The average molecular weight is 404 g/mol. The summed E-state index contributed by atoms with van der Waals surface area (Å²) in [6, 6.07) is 9.13. The van der Waals surface area contributed by atoms with Crippen molar-refractivity contribution < 1.29 is 23.0 Å². The van der Waals surface area contributed by atoms with E-state index in [9.17, 15) is 13.6 Å². The lowest BCUT2D eigenvalue weighted by Gasteiger charge is -2.24. The highest BCUT2D eigenvalue weighted by molar-refractivity contribution is 5.77. The van der Waals surface area contributed by atoms with E-state index in [2.05, 4.69) is 12.2 Å². The highest BCUT2D eigenvalue weighted by Gasteiger charge is 2.31. The van der Waals surface area contributed by atoms with E-state index in [0.717, 1.165) is 30.5 Å². The van der Waals surface area contributed by atoms with E-state index >= 15 is 0 Å². The number of carbonyl (C=O) groups excluding carboxylic acids is 1. The number of carbonyl (C=O) groups is 1. The van der Waals surface area contributed by atoms with Gasteiger partial charge in [-0.25, -0.2) is 13.6 Å². The third-order valence-electron chi connectivity index (χ3n) is 4.98. The fraction of sp³-hybridized carbons (Fsp3) is 0.409. The molecule has 2 aromatic rings. The van der Waals surface area contributed by atoms with Crippen molar-refractivity contribution in [2.24, 2.45) is 0 Å². The molecule has 0 radical (unpaired) electrons. The molecule has 2 amide bonds. The number of nitrogens with one attached hydrogen (secondary N) is 1. The molecule has 0 bridgehead atoms. The molecule has 1 heterocycles. The Kier molecular flexibility index (Phi) is 6.90. The van der Waals surface area contributed by atoms with Crippen LogP contribution >= 0.6 is 0 Å². The summed E-state index contributed by atoms with van der Waals surface area (Å²) >= 11 is 0. The molecule has 5 nitrogen and oxygen atoms in total. The van der Waals surface area contributed by atoms with Gasteiger partial charge < -0.3 is 19.7 Å². The number of halogens is 2. The number of amides is 2. The first kappa shape index (κ1) is 20.9. The van der Waals surface area contributed by atoms with Gasteiger partial charge in [0.2, 0.25) is 0 Å². The molecule has 2 aromatic carbocycles. The third kappa shape index (κ3) is 5.16. The summed E-state index contributed by atoms with van der Waals surface area (Å²) in [5.41, 5.74) is 1.55. The molecule has 1 atom stereocenters. The first-order valence-corrected chi connectivity index (χ1v) is 9.80. The molecule has 1 fully saturated rings. The van der Waals surface area contributed by atoms with E-state index < -0.39 is 11.6 Å². The number of hydrogen-bond acceptors (Lipinski definition) is 3. The van der Waals surface area contributed by atoms with Gasteiger partial charge in [-0.1, -0.05) is 25.5 Å². The first-order chi connectivity index (χ1) is 14.0. The molecule has 1 aliphatic rings. The topological polar surface area (TPSA) is 50.8 Å². The van der Waals surface area contributed by atoms with Gasteiger partial charge in [0.15, 0.2) is 23.1 Å². The lowest BCUT2D eigenvalue weighted by Crippen LogP contribution is -2.35. The average Bonchev–Trinajstić information content (AvgIpc) is 3.04. The Morgan fingerprint density at radius 2 is 1.90 bits per heavy atom. The standard InChI is InChI=1S/C22H26F2N2O3/c1-3-4-9-29-21-12-15(6-8-20(21)28-2)10-17-13-25-22(27)26(17)14-16-5-7-18(23)19(24)11-16/h5-8,11-12,17H,3-4,9-10,13-14H2,1-2H3,(H,25,27). The van der Waals surface area contributed by atoms with Crippen LogP contribution in [0.15, 0.2) is 36.4 Å². The molecule has 29 heavy (non-hydrogen) atoms. The van der Waals surface area contributed by atoms with Gasteiger partial charge in [0.05, 0.1) is 19.8 Å². The molecular formula is C22H26F2N2O3. The second-order valence-corrected chi connectivity index (χ2v) is 7.11. The van der Waals surface area contributed by atoms with Gasteiger partial charge in [0.25, 0.3) is 0 Å². The minimum Gasteiger partial charge on any atom is -0.493 e. The summed E-state index contributed by atoms with van der Waals surface area (Å²) in [5.74, 6) is -0.459. The Labute approximate surface area is 169 Å². The summed E-state index contributed by atoms with van der Waals surface area (Å²) in [6.45, 7) is 3.41. The van der Waals surface area contributed by atoms with Crippen LogP contribution in [0.1, 0.15) is 30.9 Å².